The first-order valence-electron chi connectivity index (χ1n) is 14.1. The van der Waals surface area contributed by atoms with Crippen molar-refractivity contribution in [1.29, 1.82) is 0 Å². The predicted octanol–water partition coefficient (Wildman–Crippen LogP) is 5.04. The number of rotatable bonds is 14. The van der Waals surface area contributed by atoms with Crippen molar-refractivity contribution in [2.75, 3.05) is 24.3 Å². The van der Waals surface area contributed by atoms with E-state index in [-0.39, 0.29) is 46.5 Å². The number of nitrogens with zero attached hydrogens (tertiary/aromatic N) is 3. The molecule has 4 aromatic rings. The van der Waals surface area contributed by atoms with Gasteiger partial charge in [-0.2, -0.15) is 0 Å². The fraction of sp³-hybridized carbons (Fsp3) is 0.290. The highest BCUT2D eigenvalue weighted by atomic mass is 32.2. The number of halogens is 1. The van der Waals surface area contributed by atoms with E-state index in [0.717, 1.165) is 34.7 Å². The third kappa shape index (κ3) is 8.76. The summed E-state index contributed by atoms with van der Waals surface area (Å²) >= 11 is 2.07. The second-order valence-corrected chi connectivity index (χ2v) is 11.5. The number of nitrogens with one attached hydrogen (secondary N) is 2. The Morgan fingerprint density at radius 1 is 0.978 bits per heavy atom. The minimum Gasteiger partial charge on any atom is -0.462 e. The lowest BCUT2D eigenvalue weighted by atomic mass is 10.1. The number of benzene rings is 2. The van der Waals surface area contributed by atoms with Gasteiger partial charge in [-0.25, -0.2) is 14.0 Å². The van der Waals surface area contributed by atoms with Crippen LogP contribution in [0.3, 0.4) is 0 Å². The zero-order chi connectivity index (χ0) is 32.3. The van der Waals surface area contributed by atoms with Crippen LogP contribution in [0.1, 0.15) is 61.2 Å². The lowest BCUT2D eigenvalue weighted by molar-refractivity contribution is -0.113. The van der Waals surface area contributed by atoms with Crippen molar-refractivity contribution in [3.63, 3.8) is 0 Å². The zero-order valence-electron chi connectivity index (χ0n) is 24.9. The Hall–Kier alpha value is -4.56. The molecule has 236 valence electrons. The number of carbonyl (C=O) groups excluding carboxylic acids is 4. The Morgan fingerprint density at radius 2 is 1.71 bits per heavy atom. The molecule has 2 heterocycles. The van der Waals surface area contributed by atoms with Crippen LogP contribution in [0, 0.1) is 12.7 Å². The maximum atomic E-state index is 13.6. The standard InChI is InChI=1S/C31H32FN5O6S2/c1-4-42-29(40)25-19(3)26(30(41)43-5-2)45-28(25)34-24(38)18-44-31-36-35-23(37(31)15-14-20-10-7-6-8-11-20)17-33-27(39)21-12-9-13-22(32)16-21/h6-13,16H,4-5,14-15,17-18H2,1-3H3,(H,33,39)(H,34,38). The molecule has 4 rings (SSSR count). The second kappa shape index (κ2) is 16.0. The monoisotopic (exact) mass is 653 g/mol. The molecule has 0 atom stereocenters. The molecule has 0 aliphatic rings. The van der Waals surface area contributed by atoms with E-state index in [0.29, 0.717) is 29.5 Å². The largest absolute Gasteiger partial charge is 0.462 e. The molecule has 2 N–H and O–H groups in total. The van der Waals surface area contributed by atoms with Gasteiger partial charge in [0.05, 0.1) is 31.1 Å². The number of aryl methyl sites for hydroxylation is 1. The van der Waals surface area contributed by atoms with E-state index in [1.807, 2.05) is 34.9 Å². The first kappa shape index (κ1) is 33.3. The van der Waals surface area contributed by atoms with E-state index in [1.165, 1.54) is 18.2 Å². The fourth-order valence-electron chi connectivity index (χ4n) is 4.29. The lowest BCUT2D eigenvalue weighted by Gasteiger charge is -2.11. The Kier molecular flexibility index (Phi) is 11.8. The fourth-order valence-corrected chi connectivity index (χ4v) is 6.18. The molecular formula is C31H32FN5O6S2. The number of aromatic nitrogens is 3. The van der Waals surface area contributed by atoms with Crippen LogP contribution in [-0.2, 0) is 33.8 Å². The third-order valence-electron chi connectivity index (χ3n) is 6.43. The highest BCUT2D eigenvalue weighted by Gasteiger charge is 2.27. The average molecular weight is 654 g/mol. The number of thioether (sulfide) groups is 1. The molecule has 0 spiro atoms. The van der Waals surface area contributed by atoms with E-state index in [1.54, 1.807) is 20.8 Å². The molecule has 0 radical (unpaired) electrons. The summed E-state index contributed by atoms with van der Waals surface area (Å²) in [4.78, 5) is 51.1. The van der Waals surface area contributed by atoms with Crippen LogP contribution in [0.5, 0.6) is 0 Å². The van der Waals surface area contributed by atoms with E-state index >= 15 is 0 Å². The maximum absolute atomic E-state index is 13.6. The predicted molar refractivity (Wildman–Crippen MR) is 168 cm³/mol. The average Bonchev–Trinajstić information content (AvgIpc) is 3.57. The van der Waals surface area contributed by atoms with Gasteiger partial charge in [0.1, 0.15) is 15.7 Å². The maximum Gasteiger partial charge on any atom is 0.348 e. The van der Waals surface area contributed by atoms with Gasteiger partial charge in [-0.1, -0.05) is 48.2 Å². The van der Waals surface area contributed by atoms with Crippen LogP contribution in [0.4, 0.5) is 9.39 Å². The third-order valence-corrected chi connectivity index (χ3v) is 8.58. The van der Waals surface area contributed by atoms with Gasteiger partial charge >= 0.3 is 11.9 Å². The Morgan fingerprint density at radius 3 is 2.42 bits per heavy atom. The first-order valence-corrected chi connectivity index (χ1v) is 15.9. The van der Waals surface area contributed by atoms with Gasteiger partial charge in [-0.3, -0.25) is 9.59 Å². The smallest absolute Gasteiger partial charge is 0.348 e. The van der Waals surface area contributed by atoms with Crippen molar-refractivity contribution in [3.8, 4) is 0 Å². The van der Waals surface area contributed by atoms with Gasteiger partial charge in [-0.05, 0) is 56.5 Å². The summed E-state index contributed by atoms with van der Waals surface area (Å²) in [7, 11) is 0. The molecule has 0 saturated carbocycles. The van der Waals surface area contributed by atoms with Gasteiger partial charge in [0, 0.05) is 12.1 Å². The first-order chi connectivity index (χ1) is 21.7. The molecule has 0 fully saturated rings. The van der Waals surface area contributed by atoms with Gasteiger partial charge in [0.15, 0.2) is 11.0 Å². The Bertz CT molecular complexity index is 1670. The van der Waals surface area contributed by atoms with Crippen molar-refractivity contribution in [1.82, 2.24) is 20.1 Å². The highest BCUT2D eigenvalue weighted by molar-refractivity contribution is 7.99. The number of amides is 2. The van der Waals surface area contributed by atoms with Crippen LogP contribution in [0.25, 0.3) is 0 Å². The summed E-state index contributed by atoms with van der Waals surface area (Å²) in [5, 5.41) is 14.6. The van der Waals surface area contributed by atoms with E-state index in [9.17, 15) is 23.6 Å². The van der Waals surface area contributed by atoms with E-state index < -0.39 is 29.6 Å². The summed E-state index contributed by atoms with van der Waals surface area (Å²) in [6.45, 7) is 5.71. The number of anilines is 1. The van der Waals surface area contributed by atoms with Crippen molar-refractivity contribution in [3.05, 3.63) is 93.4 Å². The topological polar surface area (TPSA) is 142 Å². The number of esters is 2. The summed E-state index contributed by atoms with van der Waals surface area (Å²) in [5.74, 6) is -2.31. The lowest BCUT2D eigenvalue weighted by Crippen LogP contribution is -2.25. The molecule has 2 aromatic carbocycles. The highest BCUT2D eigenvalue weighted by Crippen LogP contribution is 2.34. The van der Waals surface area contributed by atoms with Crippen LogP contribution in [0.2, 0.25) is 0 Å². The van der Waals surface area contributed by atoms with Crippen molar-refractivity contribution >= 4 is 51.9 Å². The summed E-state index contributed by atoms with van der Waals surface area (Å²) in [5.41, 5.74) is 1.72. The number of thiophene rings is 1. The Balaban J connectivity index is 1.50. The SMILES string of the molecule is CCOC(=O)c1sc(NC(=O)CSc2nnc(CNC(=O)c3cccc(F)c3)n2CCc2ccccc2)c(C(=O)OCC)c1C. The summed E-state index contributed by atoms with van der Waals surface area (Å²) in [6, 6.07) is 15.1. The van der Waals surface area contributed by atoms with Gasteiger partial charge < -0.3 is 24.7 Å². The molecule has 0 bridgehead atoms. The van der Waals surface area contributed by atoms with Gasteiger partial charge in [-0.15, -0.1) is 21.5 Å². The molecule has 2 aromatic heterocycles. The Labute approximate surface area is 267 Å². The van der Waals surface area contributed by atoms with Crippen molar-refractivity contribution in [2.45, 2.75) is 45.4 Å². The van der Waals surface area contributed by atoms with Crippen molar-refractivity contribution < 1.29 is 33.0 Å². The van der Waals surface area contributed by atoms with E-state index in [4.69, 9.17) is 9.47 Å². The molecule has 45 heavy (non-hydrogen) atoms. The number of hydrogen-bond donors (Lipinski definition) is 2. The number of carbonyl (C=O) groups is 4. The molecule has 0 saturated heterocycles. The number of hydrogen-bond acceptors (Lipinski definition) is 10. The molecule has 0 unspecified atom stereocenters. The molecule has 2 amide bonds. The van der Waals surface area contributed by atoms with Gasteiger partial charge in [0.2, 0.25) is 5.91 Å². The second-order valence-electron chi connectivity index (χ2n) is 9.52. The number of ether oxygens (including phenoxy) is 2. The quantitative estimate of drug-likeness (QED) is 0.141. The molecule has 0 aliphatic heterocycles. The van der Waals surface area contributed by atoms with Crippen LogP contribution >= 0.6 is 23.1 Å². The summed E-state index contributed by atoms with van der Waals surface area (Å²) < 4.78 is 25.7. The van der Waals surface area contributed by atoms with Crippen molar-refractivity contribution in [2.24, 2.45) is 0 Å². The molecule has 14 heteroatoms. The minimum atomic E-state index is -0.657. The van der Waals surface area contributed by atoms with Crippen LogP contribution in [-0.4, -0.2) is 57.5 Å². The van der Waals surface area contributed by atoms with Crippen LogP contribution in [0.15, 0.2) is 59.8 Å². The minimum absolute atomic E-state index is 0.0257. The normalized spacial score (nSPS) is 10.8. The molecule has 0 aliphatic carbocycles. The molecule has 11 nitrogen and oxygen atoms in total. The van der Waals surface area contributed by atoms with E-state index in [2.05, 4.69) is 20.8 Å². The summed E-state index contributed by atoms with van der Waals surface area (Å²) in [6.07, 6.45) is 0.636. The van der Waals surface area contributed by atoms with Gasteiger partial charge in [0.25, 0.3) is 5.91 Å². The molecular weight excluding hydrogens is 622 g/mol. The van der Waals surface area contributed by atoms with Crippen LogP contribution < -0.4 is 10.6 Å². The zero-order valence-corrected chi connectivity index (χ0v) is 26.6.